The number of hydrogen-bond donors (Lipinski definition) is 4. The molecule has 0 saturated heterocycles. The minimum absolute atomic E-state index is 0.0807. The lowest BCUT2D eigenvalue weighted by molar-refractivity contribution is 0.579. The van der Waals surface area contributed by atoms with Gasteiger partial charge in [0.15, 0.2) is 5.13 Å². The number of hydrogen-bond acceptors (Lipinski definition) is 7. The molecule has 0 atom stereocenters. The maximum absolute atomic E-state index is 14.6. The van der Waals surface area contributed by atoms with E-state index in [0.29, 0.717) is 21.0 Å². The van der Waals surface area contributed by atoms with E-state index in [1.165, 1.54) is 17.5 Å². The number of thiazole rings is 1. The van der Waals surface area contributed by atoms with Crippen molar-refractivity contribution in [2.75, 3.05) is 35.0 Å². The molecule has 32 heavy (non-hydrogen) atoms. The summed E-state index contributed by atoms with van der Waals surface area (Å²) in [5.74, 6) is -1.10. The van der Waals surface area contributed by atoms with Crippen molar-refractivity contribution in [3.63, 3.8) is 0 Å². The van der Waals surface area contributed by atoms with Crippen molar-refractivity contribution in [3.05, 3.63) is 63.1 Å². The molecule has 1 heterocycles. The van der Waals surface area contributed by atoms with Gasteiger partial charge >= 0.3 is 0 Å². The number of benzene rings is 2. The third-order valence-electron chi connectivity index (χ3n) is 4.38. The molecule has 0 unspecified atom stereocenters. The molecule has 11 heteroatoms. The highest BCUT2D eigenvalue weighted by molar-refractivity contribution is 8.00. The molecule has 0 bridgehead atoms. The predicted molar refractivity (Wildman–Crippen MR) is 133 cm³/mol. The van der Waals surface area contributed by atoms with E-state index in [1.807, 2.05) is 12.1 Å². The molecule has 0 radical (unpaired) electrons. The van der Waals surface area contributed by atoms with Gasteiger partial charge in [-0.2, -0.15) is 0 Å². The Morgan fingerprint density at radius 3 is 2.62 bits per heavy atom. The van der Waals surface area contributed by atoms with Crippen LogP contribution in [0.15, 0.2) is 41.4 Å². The maximum atomic E-state index is 14.6. The highest BCUT2D eigenvalue weighted by Crippen LogP contribution is 2.31. The first-order chi connectivity index (χ1) is 15.5. The van der Waals surface area contributed by atoms with E-state index in [2.05, 4.69) is 32.6 Å². The Hall–Kier alpha value is -1.78. The summed E-state index contributed by atoms with van der Waals surface area (Å²) in [5, 5.41) is 10.7. The SMILES string of the molecule is CCNCCCNc1cc(Cl)ccc1CNc1cc(F)c(SNc2ncc(Cl)s2)cc1F. The molecule has 4 N–H and O–H groups in total. The van der Waals surface area contributed by atoms with Gasteiger partial charge in [0.2, 0.25) is 0 Å². The third-order valence-corrected chi connectivity index (χ3v) is 6.61. The molecule has 0 spiro atoms. The van der Waals surface area contributed by atoms with Crippen molar-refractivity contribution >= 4 is 63.0 Å². The van der Waals surface area contributed by atoms with E-state index in [4.69, 9.17) is 23.2 Å². The van der Waals surface area contributed by atoms with E-state index in [1.54, 1.807) is 6.07 Å². The number of rotatable bonds is 12. The zero-order valence-electron chi connectivity index (χ0n) is 17.3. The van der Waals surface area contributed by atoms with Crippen molar-refractivity contribution in [1.29, 1.82) is 0 Å². The lowest BCUT2D eigenvalue weighted by atomic mass is 10.1. The number of halogens is 4. The normalized spacial score (nSPS) is 10.9. The zero-order chi connectivity index (χ0) is 22.9. The summed E-state index contributed by atoms with van der Waals surface area (Å²) < 4.78 is 32.5. The van der Waals surface area contributed by atoms with Crippen LogP contribution in [0.2, 0.25) is 9.36 Å². The Labute approximate surface area is 204 Å². The van der Waals surface area contributed by atoms with Crippen LogP contribution in [0.3, 0.4) is 0 Å². The highest BCUT2D eigenvalue weighted by Gasteiger charge is 2.13. The van der Waals surface area contributed by atoms with Crippen molar-refractivity contribution in [1.82, 2.24) is 10.3 Å². The van der Waals surface area contributed by atoms with Crippen LogP contribution in [0.1, 0.15) is 18.9 Å². The van der Waals surface area contributed by atoms with Crippen LogP contribution in [-0.4, -0.2) is 24.6 Å². The van der Waals surface area contributed by atoms with Crippen LogP contribution in [0.4, 0.5) is 25.3 Å². The lowest BCUT2D eigenvalue weighted by Crippen LogP contribution is -2.17. The number of nitrogens with zero attached hydrogens (tertiary/aromatic N) is 1. The molecule has 3 rings (SSSR count). The van der Waals surface area contributed by atoms with E-state index >= 15 is 0 Å². The Morgan fingerprint density at radius 1 is 1.03 bits per heavy atom. The van der Waals surface area contributed by atoms with Gasteiger partial charge in [0, 0.05) is 29.9 Å². The first-order valence-electron chi connectivity index (χ1n) is 9.96. The maximum Gasteiger partial charge on any atom is 0.194 e. The van der Waals surface area contributed by atoms with Crippen LogP contribution < -0.4 is 20.7 Å². The van der Waals surface area contributed by atoms with Crippen LogP contribution in [-0.2, 0) is 6.54 Å². The molecular weight excluding hydrogens is 495 g/mol. The van der Waals surface area contributed by atoms with Gasteiger partial charge in [0.05, 0.1) is 16.8 Å². The van der Waals surface area contributed by atoms with Crippen molar-refractivity contribution in [2.24, 2.45) is 0 Å². The number of aromatic nitrogens is 1. The third kappa shape index (κ3) is 7.38. The molecule has 0 aliphatic carbocycles. The first kappa shape index (κ1) is 24.9. The lowest BCUT2D eigenvalue weighted by Gasteiger charge is -2.15. The Balaban J connectivity index is 1.61. The fourth-order valence-electron chi connectivity index (χ4n) is 2.81. The number of anilines is 3. The Bertz CT molecular complexity index is 1040. The van der Waals surface area contributed by atoms with Crippen LogP contribution in [0.25, 0.3) is 0 Å². The molecule has 3 aromatic rings. The summed E-state index contributed by atoms with van der Waals surface area (Å²) >= 11 is 14.1. The molecule has 1 aromatic heterocycles. The summed E-state index contributed by atoms with van der Waals surface area (Å²) in [6.07, 6.45) is 2.44. The molecular formula is C21H23Cl2F2N5S2. The van der Waals surface area contributed by atoms with Crippen LogP contribution in [0, 0.1) is 11.6 Å². The molecule has 0 aliphatic heterocycles. The molecule has 0 saturated carbocycles. The summed E-state index contributed by atoms with van der Waals surface area (Å²) in [7, 11) is 0. The zero-order valence-corrected chi connectivity index (χ0v) is 20.4. The van der Waals surface area contributed by atoms with E-state index in [9.17, 15) is 8.78 Å². The second-order valence-corrected chi connectivity index (χ2v) is 9.67. The quantitative estimate of drug-likeness (QED) is 0.155. The fraction of sp³-hybridized carbons (Fsp3) is 0.286. The van der Waals surface area contributed by atoms with E-state index < -0.39 is 11.6 Å². The van der Waals surface area contributed by atoms with Crippen molar-refractivity contribution in [3.8, 4) is 0 Å². The highest BCUT2D eigenvalue weighted by atomic mass is 35.5. The fourth-order valence-corrected chi connectivity index (χ4v) is 4.51. The molecule has 0 amide bonds. The van der Waals surface area contributed by atoms with Gasteiger partial charge in [-0.05, 0) is 55.2 Å². The monoisotopic (exact) mass is 517 g/mol. The van der Waals surface area contributed by atoms with Crippen LogP contribution in [0.5, 0.6) is 0 Å². The molecule has 0 aliphatic rings. The van der Waals surface area contributed by atoms with Crippen molar-refractivity contribution < 1.29 is 8.78 Å². The molecule has 172 valence electrons. The smallest absolute Gasteiger partial charge is 0.194 e. The van der Waals surface area contributed by atoms with Crippen LogP contribution >= 0.6 is 46.5 Å². The minimum Gasteiger partial charge on any atom is -0.385 e. The van der Waals surface area contributed by atoms with Gasteiger partial charge in [-0.1, -0.05) is 47.5 Å². The number of nitrogens with one attached hydrogen (secondary N) is 4. The predicted octanol–water partition coefficient (Wildman–Crippen LogP) is 6.87. The average Bonchev–Trinajstić information content (AvgIpc) is 3.19. The van der Waals surface area contributed by atoms with Gasteiger partial charge in [0.1, 0.15) is 16.0 Å². The summed E-state index contributed by atoms with van der Waals surface area (Å²) in [5.41, 5.74) is 1.84. The molecule has 2 aromatic carbocycles. The Kier molecular flexibility index (Phi) is 9.68. The van der Waals surface area contributed by atoms with Gasteiger partial charge in [-0.15, -0.1) is 0 Å². The molecule has 5 nitrogen and oxygen atoms in total. The largest absolute Gasteiger partial charge is 0.385 e. The second kappa shape index (κ2) is 12.5. The van der Waals surface area contributed by atoms with Gasteiger partial charge in [-0.25, -0.2) is 13.8 Å². The Morgan fingerprint density at radius 2 is 1.88 bits per heavy atom. The molecule has 0 fully saturated rings. The average molecular weight is 518 g/mol. The standard InChI is InChI=1S/C21H23Cl2F2N5S2/c1-2-26-6-3-7-27-17-8-14(22)5-4-13(17)11-28-18-9-16(25)19(10-15(18)24)32-30-21-29-12-20(23)31-21/h4-5,8-10,12,26-28H,2-3,6-7,11H2,1H3,(H,29,30). The van der Waals surface area contributed by atoms with Gasteiger partial charge in [0.25, 0.3) is 0 Å². The minimum atomic E-state index is -0.554. The van der Waals surface area contributed by atoms with Gasteiger partial charge in [-0.3, -0.25) is 0 Å². The topological polar surface area (TPSA) is 61.0 Å². The van der Waals surface area contributed by atoms with E-state index in [0.717, 1.165) is 61.4 Å². The summed E-state index contributed by atoms with van der Waals surface area (Å²) in [6, 6.07) is 7.76. The first-order valence-corrected chi connectivity index (χ1v) is 12.3. The van der Waals surface area contributed by atoms with Gasteiger partial charge < -0.3 is 20.7 Å². The van der Waals surface area contributed by atoms with E-state index in [-0.39, 0.29) is 10.6 Å². The summed E-state index contributed by atoms with van der Waals surface area (Å²) in [6.45, 7) is 4.99. The summed E-state index contributed by atoms with van der Waals surface area (Å²) in [4.78, 5) is 4.14. The van der Waals surface area contributed by atoms with Crippen molar-refractivity contribution in [2.45, 2.75) is 24.8 Å². The second-order valence-electron chi connectivity index (χ2n) is 6.73.